The summed E-state index contributed by atoms with van der Waals surface area (Å²) in [6.45, 7) is -0.0295. The molecule has 0 unspecified atom stereocenters. The molecule has 0 saturated carbocycles. The van der Waals surface area contributed by atoms with Gasteiger partial charge in [0.2, 0.25) is 0 Å². The number of fused-ring (bicyclic) bond motifs is 1. The number of hydrogen-bond donors (Lipinski definition) is 2. The number of carbonyl (C=O) groups excluding carboxylic acids is 1. The van der Waals surface area contributed by atoms with Crippen LogP contribution in [0.2, 0.25) is 0 Å². The van der Waals surface area contributed by atoms with Crippen molar-refractivity contribution < 1.29 is 9.90 Å². The van der Waals surface area contributed by atoms with Crippen LogP contribution in [0.1, 0.15) is 48.0 Å². The SMILES string of the molecule is O=C1N[C@H](CO)C/C=C\CCCCCc2ccccc21. The Labute approximate surface area is 120 Å². The van der Waals surface area contributed by atoms with E-state index in [1.165, 1.54) is 12.8 Å². The van der Waals surface area contributed by atoms with Gasteiger partial charge in [0.1, 0.15) is 0 Å². The van der Waals surface area contributed by atoms with E-state index >= 15 is 0 Å². The average Bonchev–Trinajstić information content (AvgIpc) is 2.49. The first-order valence-corrected chi connectivity index (χ1v) is 7.46. The standard InChI is InChI=1S/C17H23NO2/c19-13-15-11-6-4-2-1-3-5-9-14-10-7-8-12-16(14)17(20)18-15/h4,6-8,10,12,15,19H,1-3,5,9,11,13H2,(H,18,20)/b6-4-/t15-/m0/s1. The van der Waals surface area contributed by atoms with Crippen LogP contribution >= 0.6 is 0 Å². The van der Waals surface area contributed by atoms with E-state index in [9.17, 15) is 9.90 Å². The minimum atomic E-state index is -0.201. The summed E-state index contributed by atoms with van der Waals surface area (Å²) in [7, 11) is 0. The summed E-state index contributed by atoms with van der Waals surface area (Å²) in [5.41, 5.74) is 1.85. The van der Waals surface area contributed by atoms with Crippen molar-refractivity contribution in [1.29, 1.82) is 0 Å². The first-order chi connectivity index (χ1) is 9.81. The van der Waals surface area contributed by atoms with Crippen molar-refractivity contribution in [3.8, 4) is 0 Å². The van der Waals surface area contributed by atoms with Crippen molar-refractivity contribution in [2.24, 2.45) is 0 Å². The summed E-state index contributed by atoms with van der Waals surface area (Å²) in [6, 6.07) is 7.57. The lowest BCUT2D eigenvalue weighted by Gasteiger charge is -2.16. The highest BCUT2D eigenvalue weighted by Crippen LogP contribution is 2.15. The maximum Gasteiger partial charge on any atom is 0.251 e. The number of nitrogens with one attached hydrogen (secondary N) is 1. The minimum Gasteiger partial charge on any atom is -0.394 e. The highest BCUT2D eigenvalue weighted by atomic mass is 16.3. The average molecular weight is 273 g/mol. The Bertz CT molecular complexity index is 468. The Morgan fingerprint density at radius 3 is 2.85 bits per heavy atom. The quantitative estimate of drug-likeness (QED) is 0.773. The molecule has 1 aliphatic heterocycles. The molecule has 0 bridgehead atoms. The molecule has 0 saturated heterocycles. The van der Waals surface area contributed by atoms with E-state index in [4.69, 9.17) is 0 Å². The molecular formula is C17H23NO2. The van der Waals surface area contributed by atoms with Gasteiger partial charge in [0, 0.05) is 5.56 Å². The van der Waals surface area contributed by atoms with Crippen LogP contribution < -0.4 is 5.32 Å². The molecule has 20 heavy (non-hydrogen) atoms. The van der Waals surface area contributed by atoms with Gasteiger partial charge in [0.25, 0.3) is 5.91 Å². The monoisotopic (exact) mass is 273 g/mol. The van der Waals surface area contributed by atoms with Crippen molar-refractivity contribution in [1.82, 2.24) is 5.32 Å². The summed E-state index contributed by atoms with van der Waals surface area (Å²) in [5, 5.41) is 12.3. The largest absolute Gasteiger partial charge is 0.394 e. The zero-order valence-electron chi connectivity index (χ0n) is 11.8. The van der Waals surface area contributed by atoms with E-state index in [2.05, 4.69) is 17.5 Å². The number of benzene rings is 1. The lowest BCUT2D eigenvalue weighted by molar-refractivity contribution is 0.0916. The fourth-order valence-electron chi connectivity index (χ4n) is 2.53. The number of aliphatic hydroxyl groups is 1. The normalized spacial score (nSPS) is 22.6. The van der Waals surface area contributed by atoms with Gasteiger partial charge in [-0.25, -0.2) is 0 Å². The third-order valence-electron chi connectivity index (χ3n) is 3.72. The number of carbonyl (C=O) groups is 1. The Balaban J connectivity index is 2.18. The van der Waals surface area contributed by atoms with Crippen LogP contribution in [0.4, 0.5) is 0 Å². The fraction of sp³-hybridized carbons (Fsp3) is 0.471. The molecule has 1 aromatic rings. The fourth-order valence-corrected chi connectivity index (χ4v) is 2.53. The number of hydrogen-bond acceptors (Lipinski definition) is 2. The third-order valence-corrected chi connectivity index (χ3v) is 3.72. The first kappa shape index (κ1) is 14.8. The van der Waals surface area contributed by atoms with Crippen molar-refractivity contribution in [2.45, 2.75) is 44.6 Å². The van der Waals surface area contributed by atoms with E-state index in [0.29, 0.717) is 6.42 Å². The maximum atomic E-state index is 12.3. The Kier molecular flexibility index (Phi) is 5.81. The molecule has 0 radical (unpaired) electrons. The van der Waals surface area contributed by atoms with Crippen LogP contribution in [0, 0.1) is 0 Å². The van der Waals surface area contributed by atoms with Gasteiger partial charge >= 0.3 is 0 Å². The van der Waals surface area contributed by atoms with Crippen molar-refractivity contribution in [3.63, 3.8) is 0 Å². The molecule has 2 rings (SSSR count). The predicted octanol–water partition coefficient (Wildman–Crippen LogP) is 2.84. The molecule has 0 fully saturated rings. The lowest BCUT2D eigenvalue weighted by Crippen LogP contribution is -2.37. The lowest BCUT2D eigenvalue weighted by atomic mass is 10.00. The third kappa shape index (κ3) is 4.20. The second-order valence-electron chi connectivity index (χ2n) is 5.32. The molecule has 1 aromatic carbocycles. The highest BCUT2D eigenvalue weighted by molar-refractivity contribution is 5.95. The van der Waals surface area contributed by atoms with Crippen LogP contribution in [-0.2, 0) is 6.42 Å². The van der Waals surface area contributed by atoms with E-state index < -0.39 is 0 Å². The zero-order chi connectivity index (χ0) is 14.2. The minimum absolute atomic E-state index is 0.0295. The molecule has 1 aliphatic rings. The molecule has 0 spiro atoms. The summed E-state index contributed by atoms with van der Waals surface area (Å²) < 4.78 is 0. The van der Waals surface area contributed by atoms with Crippen LogP contribution in [0.5, 0.6) is 0 Å². The van der Waals surface area contributed by atoms with Gasteiger partial charge in [-0.15, -0.1) is 0 Å². The van der Waals surface area contributed by atoms with Crippen LogP contribution in [0.25, 0.3) is 0 Å². The summed E-state index contributed by atoms with van der Waals surface area (Å²) in [5.74, 6) is -0.0766. The van der Waals surface area contributed by atoms with Gasteiger partial charge in [-0.1, -0.05) is 36.8 Å². The predicted molar refractivity (Wildman–Crippen MR) is 80.7 cm³/mol. The number of amides is 1. The molecule has 1 atom stereocenters. The summed E-state index contributed by atoms with van der Waals surface area (Å²) >= 11 is 0. The van der Waals surface area contributed by atoms with Gasteiger partial charge in [-0.3, -0.25) is 4.79 Å². The van der Waals surface area contributed by atoms with Crippen LogP contribution in [-0.4, -0.2) is 23.7 Å². The van der Waals surface area contributed by atoms with Gasteiger partial charge in [0.15, 0.2) is 0 Å². The Hall–Kier alpha value is -1.61. The summed E-state index contributed by atoms with van der Waals surface area (Å²) in [6.07, 6.45) is 10.4. The van der Waals surface area contributed by atoms with E-state index in [0.717, 1.165) is 30.4 Å². The second kappa shape index (κ2) is 7.85. The van der Waals surface area contributed by atoms with Crippen molar-refractivity contribution in [2.75, 3.05) is 6.61 Å². The molecule has 1 heterocycles. The van der Waals surface area contributed by atoms with E-state index in [1.54, 1.807) is 0 Å². The smallest absolute Gasteiger partial charge is 0.251 e. The Morgan fingerprint density at radius 2 is 2.00 bits per heavy atom. The van der Waals surface area contributed by atoms with E-state index in [1.807, 2.05) is 24.3 Å². The van der Waals surface area contributed by atoms with Gasteiger partial charge in [-0.2, -0.15) is 0 Å². The topological polar surface area (TPSA) is 49.3 Å². The van der Waals surface area contributed by atoms with Crippen molar-refractivity contribution in [3.05, 3.63) is 47.5 Å². The van der Waals surface area contributed by atoms with Gasteiger partial charge in [0.05, 0.1) is 12.6 Å². The molecular weight excluding hydrogens is 250 g/mol. The molecule has 3 nitrogen and oxygen atoms in total. The molecule has 1 amide bonds. The number of aliphatic hydroxyl groups excluding tert-OH is 1. The van der Waals surface area contributed by atoms with Gasteiger partial charge < -0.3 is 10.4 Å². The second-order valence-corrected chi connectivity index (χ2v) is 5.32. The number of allylic oxidation sites excluding steroid dienone is 1. The van der Waals surface area contributed by atoms with E-state index in [-0.39, 0.29) is 18.6 Å². The number of rotatable bonds is 1. The summed E-state index contributed by atoms with van der Waals surface area (Å²) in [4.78, 5) is 12.3. The van der Waals surface area contributed by atoms with Gasteiger partial charge in [-0.05, 0) is 43.7 Å². The molecule has 2 N–H and O–H groups in total. The Morgan fingerprint density at radius 1 is 1.15 bits per heavy atom. The maximum absolute atomic E-state index is 12.3. The first-order valence-electron chi connectivity index (χ1n) is 7.46. The molecule has 3 heteroatoms. The number of aryl methyl sites for hydroxylation is 1. The molecule has 0 aromatic heterocycles. The van der Waals surface area contributed by atoms with Crippen LogP contribution in [0.15, 0.2) is 36.4 Å². The van der Waals surface area contributed by atoms with Crippen molar-refractivity contribution >= 4 is 5.91 Å². The molecule has 0 aliphatic carbocycles. The van der Waals surface area contributed by atoms with Crippen LogP contribution in [0.3, 0.4) is 0 Å². The highest BCUT2D eigenvalue weighted by Gasteiger charge is 2.15. The zero-order valence-corrected chi connectivity index (χ0v) is 11.8. The molecule has 108 valence electrons.